The van der Waals surface area contributed by atoms with E-state index < -0.39 is 0 Å². The van der Waals surface area contributed by atoms with Crippen LogP contribution in [0.25, 0.3) is 0 Å². The molecule has 4 fully saturated rings. The smallest absolute Gasteiger partial charge is 0.226 e. The van der Waals surface area contributed by atoms with Crippen LogP contribution in [-0.2, 0) is 4.79 Å². The summed E-state index contributed by atoms with van der Waals surface area (Å²) in [5.41, 5.74) is 8.13. The quantitative estimate of drug-likeness (QED) is 0.691. The van der Waals surface area contributed by atoms with Crippen molar-refractivity contribution in [1.82, 2.24) is 20.0 Å². The van der Waals surface area contributed by atoms with Crippen LogP contribution in [0.1, 0.15) is 25.7 Å². The molecule has 0 radical (unpaired) electrons. The van der Waals surface area contributed by atoms with Gasteiger partial charge in [-0.1, -0.05) is 0 Å². The fourth-order valence-corrected chi connectivity index (χ4v) is 5.29. The summed E-state index contributed by atoms with van der Waals surface area (Å²) in [5, 5.41) is 3.18. The van der Waals surface area contributed by atoms with E-state index in [1.807, 2.05) is 0 Å². The third-order valence-corrected chi connectivity index (χ3v) is 6.75. The molecule has 4 saturated heterocycles. The highest BCUT2D eigenvalue weighted by atomic mass is 35.5. The molecule has 0 aliphatic carbocycles. The SMILES string of the molecule is NC1=C(N2CCC(C(=O)N3CCN4CCC3CC4)CC2)C(Cl)CNC1. The van der Waals surface area contributed by atoms with Crippen molar-refractivity contribution in [2.45, 2.75) is 37.1 Å². The summed E-state index contributed by atoms with van der Waals surface area (Å²) in [7, 11) is 0. The Bertz CT molecular complexity index is 538. The van der Waals surface area contributed by atoms with Crippen molar-refractivity contribution in [2.75, 3.05) is 52.4 Å². The van der Waals surface area contributed by atoms with Gasteiger partial charge in [0.1, 0.15) is 0 Å². The first-order chi connectivity index (χ1) is 12.1. The van der Waals surface area contributed by atoms with Gasteiger partial charge in [-0.25, -0.2) is 0 Å². The summed E-state index contributed by atoms with van der Waals surface area (Å²) in [4.78, 5) is 20.1. The zero-order valence-electron chi connectivity index (χ0n) is 14.9. The Morgan fingerprint density at radius 1 is 1.04 bits per heavy atom. The molecule has 7 heteroatoms. The molecule has 6 nitrogen and oxygen atoms in total. The third kappa shape index (κ3) is 3.49. The Morgan fingerprint density at radius 2 is 1.76 bits per heavy atom. The second kappa shape index (κ2) is 7.33. The molecule has 5 aliphatic rings. The lowest BCUT2D eigenvalue weighted by atomic mass is 9.93. The molecule has 0 spiro atoms. The molecule has 5 heterocycles. The number of likely N-dealkylation sites (tertiary alicyclic amines) is 1. The maximum absolute atomic E-state index is 13.1. The van der Waals surface area contributed by atoms with Crippen LogP contribution in [0.3, 0.4) is 0 Å². The van der Waals surface area contributed by atoms with Crippen molar-refractivity contribution in [3.05, 3.63) is 11.4 Å². The molecule has 5 aliphatic heterocycles. The van der Waals surface area contributed by atoms with Gasteiger partial charge in [0.25, 0.3) is 0 Å². The second-order valence-electron chi connectivity index (χ2n) is 7.87. The number of nitrogens with one attached hydrogen (secondary N) is 1. The molecule has 140 valence electrons. The zero-order chi connectivity index (χ0) is 17.4. The Hall–Kier alpha value is -0.980. The van der Waals surface area contributed by atoms with Crippen LogP contribution in [0.2, 0.25) is 0 Å². The molecule has 1 atom stereocenters. The molecule has 0 saturated carbocycles. The van der Waals surface area contributed by atoms with Gasteiger partial charge in [-0.05, 0) is 25.7 Å². The van der Waals surface area contributed by atoms with Crippen molar-refractivity contribution in [2.24, 2.45) is 11.7 Å². The standard InChI is InChI=1S/C18H30ClN5O/c19-15-11-21-12-16(20)17(15)23-7-1-13(2-8-23)18(25)24-10-9-22-5-3-14(24)4-6-22/h13-15,21H,1-12,20H2. The van der Waals surface area contributed by atoms with E-state index in [2.05, 4.69) is 20.0 Å². The Morgan fingerprint density at radius 3 is 2.44 bits per heavy atom. The number of amides is 1. The van der Waals surface area contributed by atoms with Gasteiger partial charge in [-0.15, -0.1) is 11.6 Å². The monoisotopic (exact) mass is 367 g/mol. The number of hydrogen-bond acceptors (Lipinski definition) is 5. The topological polar surface area (TPSA) is 64.8 Å². The summed E-state index contributed by atoms with van der Waals surface area (Å²) in [6.45, 7) is 7.53. The summed E-state index contributed by atoms with van der Waals surface area (Å²) in [5.74, 6) is 0.559. The van der Waals surface area contributed by atoms with Crippen molar-refractivity contribution in [3.8, 4) is 0 Å². The highest BCUT2D eigenvalue weighted by molar-refractivity contribution is 6.22. The second-order valence-corrected chi connectivity index (χ2v) is 8.40. The minimum atomic E-state index is -0.0592. The van der Waals surface area contributed by atoms with Gasteiger partial charge >= 0.3 is 0 Å². The lowest BCUT2D eigenvalue weighted by Crippen LogP contribution is -2.49. The number of carbonyl (C=O) groups is 1. The number of rotatable bonds is 2. The van der Waals surface area contributed by atoms with Gasteiger partial charge < -0.3 is 25.8 Å². The number of halogens is 1. The van der Waals surface area contributed by atoms with E-state index in [-0.39, 0.29) is 11.3 Å². The Labute approximate surface area is 155 Å². The van der Waals surface area contributed by atoms with Gasteiger partial charge in [0.15, 0.2) is 0 Å². The maximum Gasteiger partial charge on any atom is 0.226 e. The van der Waals surface area contributed by atoms with E-state index in [0.29, 0.717) is 18.5 Å². The van der Waals surface area contributed by atoms with E-state index in [4.69, 9.17) is 17.3 Å². The van der Waals surface area contributed by atoms with E-state index in [1.54, 1.807) is 0 Å². The third-order valence-electron chi connectivity index (χ3n) is 6.39. The number of carbonyl (C=O) groups excluding carboxylic acids is 1. The van der Waals surface area contributed by atoms with Crippen LogP contribution in [0.4, 0.5) is 0 Å². The van der Waals surface area contributed by atoms with Gasteiger partial charge in [0, 0.05) is 70.0 Å². The fourth-order valence-electron chi connectivity index (χ4n) is 4.90. The number of nitrogens with two attached hydrogens (primary N) is 1. The van der Waals surface area contributed by atoms with Crippen molar-refractivity contribution >= 4 is 17.5 Å². The zero-order valence-corrected chi connectivity index (χ0v) is 15.7. The molecular formula is C18H30ClN5O. The Kier molecular flexibility index (Phi) is 5.11. The largest absolute Gasteiger partial charge is 0.400 e. The van der Waals surface area contributed by atoms with Gasteiger partial charge in [0.2, 0.25) is 5.91 Å². The lowest BCUT2D eigenvalue weighted by molar-refractivity contribution is -0.139. The predicted molar refractivity (Wildman–Crippen MR) is 99.2 cm³/mol. The number of piperidine rings is 2. The van der Waals surface area contributed by atoms with Crippen LogP contribution < -0.4 is 11.1 Å². The van der Waals surface area contributed by atoms with E-state index in [9.17, 15) is 4.79 Å². The molecular weight excluding hydrogens is 338 g/mol. The first-order valence-electron chi connectivity index (χ1n) is 9.74. The van der Waals surface area contributed by atoms with Crippen LogP contribution in [0.15, 0.2) is 11.4 Å². The molecule has 3 N–H and O–H groups in total. The van der Waals surface area contributed by atoms with Crippen molar-refractivity contribution in [3.63, 3.8) is 0 Å². The number of hydrogen-bond donors (Lipinski definition) is 2. The minimum Gasteiger partial charge on any atom is -0.400 e. The van der Waals surface area contributed by atoms with Crippen LogP contribution in [0.5, 0.6) is 0 Å². The first-order valence-corrected chi connectivity index (χ1v) is 10.2. The summed E-state index contributed by atoms with van der Waals surface area (Å²) < 4.78 is 0. The minimum absolute atomic E-state index is 0.0592. The number of alkyl halides is 1. The molecule has 2 bridgehead atoms. The average molecular weight is 368 g/mol. The van der Waals surface area contributed by atoms with Crippen molar-refractivity contribution in [1.29, 1.82) is 0 Å². The maximum atomic E-state index is 13.1. The van der Waals surface area contributed by atoms with Gasteiger partial charge in [0.05, 0.1) is 11.1 Å². The van der Waals surface area contributed by atoms with E-state index >= 15 is 0 Å². The van der Waals surface area contributed by atoms with Crippen molar-refractivity contribution < 1.29 is 4.79 Å². The van der Waals surface area contributed by atoms with Gasteiger partial charge in [-0.2, -0.15) is 0 Å². The predicted octanol–water partition coefficient (Wildman–Crippen LogP) is 0.386. The molecule has 0 aromatic rings. The highest BCUT2D eigenvalue weighted by Crippen LogP contribution is 2.29. The molecule has 1 unspecified atom stereocenters. The molecule has 0 aromatic carbocycles. The summed E-state index contributed by atoms with van der Waals surface area (Å²) >= 11 is 6.47. The Balaban J connectivity index is 1.37. The number of fused-ring (bicyclic) bond motifs is 4. The fraction of sp³-hybridized carbons (Fsp3) is 0.833. The molecule has 0 aromatic heterocycles. The summed E-state index contributed by atoms with van der Waals surface area (Å²) in [6.07, 6.45) is 4.13. The van der Waals surface area contributed by atoms with Crippen LogP contribution in [0, 0.1) is 5.92 Å². The first kappa shape index (κ1) is 17.4. The lowest BCUT2D eigenvalue weighted by Gasteiger charge is -2.40. The number of nitrogens with zero attached hydrogens (tertiary/aromatic N) is 3. The van der Waals surface area contributed by atoms with E-state index in [0.717, 1.165) is 82.9 Å². The molecule has 5 rings (SSSR count). The normalized spacial score (nSPS) is 34.4. The van der Waals surface area contributed by atoms with Crippen LogP contribution >= 0.6 is 11.6 Å². The van der Waals surface area contributed by atoms with Gasteiger partial charge in [-0.3, -0.25) is 4.79 Å². The molecule has 1 amide bonds. The highest BCUT2D eigenvalue weighted by Gasteiger charge is 2.37. The van der Waals surface area contributed by atoms with Crippen LogP contribution in [-0.4, -0.2) is 84.4 Å². The molecule has 25 heavy (non-hydrogen) atoms. The average Bonchev–Trinajstić information content (AvgIpc) is 2.95. The van der Waals surface area contributed by atoms with E-state index in [1.165, 1.54) is 0 Å². The summed E-state index contributed by atoms with van der Waals surface area (Å²) in [6, 6.07) is 0.472.